The third kappa shape index (κ3) is 10.2. The Morgan fingerprint density at radius 3 is 2.36 bits per heavy atom. The van der Waals surface area contributed by atoms with Gasteiger partial charge in [0.05, 0.1) is 13.5 Å². The Kier molecular flexibility index (Phi) is 11.5. The number of rotatable bonds is 8. The number of ether oxygens (including phenoxy) is 3. The van der Waals surface area contributed by atoms with Gasteiger partial charge in [-0.15, -0.1) is 4.99 Å². The van der Waals surface area contributed by atoms with E-state index in [1.165, 1.54) is 7.11 Å². The van der Waals surface area contributed by atoms with Crippen LogP contribution in [0.25, 0.3) is 10.9 Å². The van der Waals surface area contributed by atoms with Crippen LogP contribution in [-0.2, 0) is 43.2 Å². The van der Waals surface area contributed by atoms with Crippen molar-refractivity contribution in [1.29, 1.82) is 0 Å². The standard InChI is InChI=1S/C35H42ClN5O9/c1-34(2,3)49-32(46)40-31(41-33(47)50-35(4,5)6)37-17-18-8-11-23(21(12-18)15-26(43)44)38-25(42)14-20-10-9-19-13-22(36)16-24-27(19)28(20)29(39-24)30(45)48-7/h8,11-13,16,20,39H,9-10,14-15,17H2,1-7H3,(H,38,42)(H,43,44)(H2,37,40,41,46,47). The van der Waals surface area contributed by atoms with Crippen molar-refractivity contribution in [2.24, 2.45) is 4.99 Å². The van der Waals surface area contributed by atoms with E-state index in [2.05, 4.69) is 25.9 Å². The first-order valence-electron chi connectivity index (χ1n) is 15.9. The number of aliphatic carboxylic acids is 1. The van der Waals surface area contributed by atoms with Crippen molar-refractivity contribution in [3.05, 3.63) is 63.3 Å². The summed E-state index contributed by atoms with van der Waals surface area (Å²) in [5, 5.41) is 19.1. The van der Waals surface area contributed by atoms with Crippen molar-refractivity contribution >= 4 is 64.2 Å². The van der Waals surface area contributed by atoms with Gasteiger partial charge >= 0.3 is 24.1 Å². The molecule has 3 aromatic rings. The molecule has 0 saturated carbocycles. The fourth-order valence-electron chi connectivity index (χ4n) is 5.64. The zero-order chi connectivity index (χ0) is 37.0. The van der Waals surface area contributed by atoms with Crippen molar-refractivity contribution in [2.75, 3.05) is 12.4 Å². The number of aromatic nitrogens is 1. The predicted octanol–water partition coefficient (Wildman–Crippen LogP) is 6.20. The van der Waals surface area contributed by atoms with Crippen LogP contribution in [0.3, 0.4) is 0 Å². The number of benzene rings is 2. The van der Waals surface area contributed by atoms with E-state index in [1.54, 1.807) is 65.8 Å². The molecule has 3 amide bonds. The van der Waals surface area contributed by atoms with Gasteiger partial charge in [-0.3, -0.25) is 14.9 Å². The number of hydrogen-bond donors (Lipinski definition) is 5. The lowest BCUT2D eigenvalue weighted by Gasteiger charge is -2.24. The maximum absolute atomic E-state index is 13.4. The quantitative estimate of drug-likeness (QED) is 0.0776. The van der Waals surface area contributed by atoms with Gasteiger partial charge in [-0.05, 0) is 101 Å². The highest BCUT2D eigenvalue weighted by Gasteiger charge is 2.32. The van der Waals surface area contributed by atoms with Gasteiger partial charge in [0.25, 0.3) is 0 Å². The molecular formula is C35H42ClN5O9. The maximum Gasteiger partial charge on any atom is 0.437 e. The highest BCUT2D eigenvalue weighted by atomic mass is 35.5. The van der Waals surface area contributed by atoms with Gasteiger partial charge in [0, 0.05) is 34.6 Å². The van der Waals surface area contributed by atoms with Gasteiger partial charge in [0.2, 0.25) is 11.9 Å². The predicted molar refractivity (Wildman–Crippen MR) is 187 cm³/mol. The number of alkyl carbamates (subject to hydrolysis) is 1. The Morgan fingerprint density at radius 1 is 1.02 bits per heavy atom. The van der Waals surface area contributed by atoms with E-state index in [0.717, 1.165) is 10.9 Å². The van der Waals surface area contributed by atoms with Crippen LogP contribution >= 0.6 is 11.6 Å². The van der Waals surface area contributed by atoms with Crippen molar-refractivity contribution in [3.8, 4) is 0 Å². The summed E-state index contributed by atoms with van der Waals surface area (Å²) in [4.78, 5) is 69.7. The first-order chi connectivity index (χ1) is 23.3. The normalized spacial score (nSPS) is 14.5. The lowest BCUT2D eigenvalue weighted by atomic mass is 9.81. The SMILES string of the molecule is COC(=O)c1[nH]c2cc(Cl)cc3c2c1C(CC(=O)Nc1ccc(CN/C(=N\C(=O)OC(C)(C)C)NC(=O)OC(C)(C)C)cc1CC(=O)O)CC3. The average molecular weight is 712 g/mol. The Labute approximate surface area is 294 Å². The van der Waals surface area contributed by atoms with Gasteiger partial charge in [-0.1, -0.05) is 23.7 Å². The lowest BCUT2D eigenvalue weighted by molar-refractivity contribution is -0.136. The van der Waals surface area contributed by atoms with E-state index in [0.29, 0.717) is 45.8 Å². The van der Waals surface area contributed by atoms with Gasteiger partial charge in [-0.2, -0.15) is 0 Å². The molecule has 0 radical (unpaired) electrons. The number of anilines is 1. The molecule has 0 bridgehead atoms. The van der Waals surface area contributed by atoms with Gasteiger partial charge in [0.15, 0.2) is 0 Å². The Bertz CT molecular complexity index is 1850. The van der Waals surface area contributed by atoms with Crippen LogP contribution in [0.15, 0.2) is 35.3 Å². The summed E-state index contributed by atoms with van der Waals surface area (Å²) in [6, 6.07) is 8.39. The topological polar surface area (TPSA) is 198 Å². The lowest BCUT2D eigenvalue weighted by Crippen LogP contribution is -2.44. The van der Waals surface area contributed by atoms with Gasteiger partial charge in [-0.25, -0.2) is 14.4 Å². The average Bonchev–Trinajstić information content (AvgIpc) is 3.36. The third-order valence-electron chi connectivity index (χ3n) is 7.44. The van der Waals surface area contributed by atoms with Crippen molar-refractivity contribution in [3.63, 3.8) is 0 Å². The van der Waals surface area contributed by atoms with Crippen LogP contribution in [0.5, 0.6) is 0 Å². The molecule has 268 valence electrons. The van der Waals surface area contributed by atoms with E-state index in [-0.39, 0.29) is 36.4 Å². The first kappa shape index (κ1) is 37.7. The number of nitrogens with one attached hydrogen (secondary N) is 4. The number of H-pyrrole nitrogens is 1. The first-order valence-corrected chi connectivity index (χ1v) is 16.3. The maximum atomic E-state index is 13.4. The second-order valence-electron chi connectivity index (χ2n) is 13.9. The highest BCUT2D eigenvalue weighted by molar-refractivity contribution is 6.31. The number of carboxylic acids is 1. The van der Waals surface area contributed by atoms with Gasteiger partial charge < -0.3 is 34.9 Å². The fourth-order valence-corrected chi connectivity index (χ4v) is 5.88. The molecule has 0 spiro atoms. The summed E-state index contributed by atoms with van der Waals surface area (Å²) in [7, 11) is 1.29. The Hall–Kier alpha value is -5.11. The fraction of sp³-hybridized carbons (Fsp3) is 0.429. The number of carbonyl (C=O) groups is 5. The van der Waals surface area contributed by atoms with E-state index < -0.39 is 41.7 Å². The zero-order valence-corrected chi connectivity index (χ0v) is 29.8. The highest BCUT2D eigenvalue weighted by Crippen LogP contribution is 2.42. The van der Waals surface area contributed by atoms with E-state index >= 15 is 0 Å². The number of nitrogens with zero attached hydrogens (tertiary/aromatic N) is 1. The molecule has 1 aliphatic carbocycles. The molecule has 1 atom stereocenters. The molecule has 0 aliphatic heterocycles. The van der Waals surface area contributed by atoms with Gasteiger partial charge in [0.1, 0.15) is 16.9 Å². The molecular weight excluding hydrogens is 670 g/mol. The largest absolute Gasteiger partial charge is 0.481 e. The van der Waals surface area contributed by atoms with Crippen LogP contribution in [0.1, 0.15) is 93.0 Å². The van der Waals surface area contributed by atoms with Crippen LogP contribution in [0.2, 0.25) is 5.02 Å². The molecule has 4 rings (SSSR count). The summed E-state index contributed by atoms with van der Waals surface area (Å²) in [5.74, 6) is -2.61. The number of aromatic amines is 1. The monoisotopic (exact) mass is 711 g/mol. The molecule has 2 aromatic carbocycles. The number of hydrogen-bond acceptors (Lipinski definition) is 8. The minimum atomic E-state index is -1.12. The van der Waals surface area contributed by atoms with E-state index in [1.807, 2.05) is 6.07 Å². The summed E-state index contributed by atoms with van der Waals surface area (Å²) in [6.07, 6.45) is -0.967. The second-order valence-corrected chi connectivity index (χ2v) is 14.3. The molecule has 15 heteroatoms. The Balaban J connectivity index is 1.53. The number of aryl methyl sites for hydroxylation is 1. The summed E-state index contributed by atoms with van der Waals surface area (Å²) >= 11 is 6.30. The zero-order valence-electron chi connectivity index (χ0n) is 29.0. The number of halogens is 1. The van der Waals surface area contributed by atoms with Crippen molar-refractivity contribution in [1.82, 2.24) is 15.6 Å². The number of amides is 3. The molecule has 1 heterocycles. The molecule has 1 unspecified atom stereocenters. The molecule has 14 nitrogen and oxygen atoms in total. The summed E-state index contributed by atoms with van der Waals surface area (Å²) in [5.41, 5.74) is 2.13. The van der Waals surface area contributed by atoms with Crippen molar-refractivity contribution < 1.29 is 43.3 Å². The van der Waals surface area contributed by atoms with Crippen LogP contribution in [0, 0.1) is 0 Å². The molecule has 0 fully saturated rings. The van der Waals surface area contributed by atoms with Crippen LogP contribution in [0.4, 0.5) is 15.3 Å². The second kappa shape index (κ2) is 15.2. The third-order valence-corrected chi connectivity index (χ3v) is 7.65. The number of carbonyl (C=O) groups excluding carboxylic acids is 4. The minimum Gasteiger partial charge on any atom is -0.481 e. The number of esters is 1. The van der Waals surface area contributed by atoms with E-state index in [9.17, 15) is 29.1 Å². The van der Waals surface area contributed by atoms with Crippen LogP contribution in [-0.4, -0.2) is 64.4 Å². The molecule has 1 aromatic heterocycles. The summed E-state index contributed by atoms with van der Waals surface area (Å²) < 4.78 is 15.5. The molecule has 0 saturated heterocycles. The van der Waals surface area contributed by atoms with Crippen LogP contribution < -0.4 is 16.0 Å². The molecule has 1 aliphatic rings. The molecule has 5 N–H and O–H groups in total. The number of guanidine groups is 1. The Morgan fingerprint density at radius 2 is 1.72 bits per heavy atom. The number of methoxy groups -OCH3 is 1. The summed E-state index contributed by atoms with van der Waals surface area (Å²) in [6.45, 7) is 10.0. The molecule has 50 heavy (non-hydrogen) atoms. The van der Waals surface area contributed by atoms with Crippen molar-refractivity contribution in [2.45, 2.75) is 90.9 Å². The minimum absolute atomic E-state index is 0.00354. The smallest absolute Gasteiger partial charge is 0.437 e. The number of aliphatic imine (C=N–C) groups is 1. The number of carboxylic acid groups (broad SMARTS) is 1. The van der Waals surface area contributed by atoms with E-state index in [4.69, 9.17) is 25.8 Å².